The summed E-state index contributed by atoms with van der Waals surface area (Å²) < 4.78 is 5.75. The zero-order chi connectivity index (χ0) is 9.84. The summed E-state index contributed by atoms with van der Waals surface area (Å²) in [6, 6.07) is 3.24. The number of carbonyl (C=O) groups is 1. The Balaban J connectivity index is 2.90. The van der Waals surface area contributed by atoms with E-state index in [-0.39, 0.29) is 12.1 Å². The van der Waals surface area contributed by atoms with Gasteiger partial charge in [-0.25, -0.2) is 0 Å². The minimum atomic E-state index is -0.425. The maximum Gasteiger partial charge on any atom is 0.325 e. The van der Waals surface area contributed by atoms with Crippen molar-refractivity contribution in [2.45, 2.75) is 13.5 Å². The molecule has 0 saturated carbocycles. The van der Waals surface area contributed by atoms with Gasteiger partial charge < -0.3 is 9.30 Å². The molecule has 0 unspecified atom stereocenters. The molecule has 4 nitrogen and oxygen atoms in total. The van der Waals surface area contributed by atoms with E-state index in [1.807, 2.05) is 6.92 Å². The van der Waals surface area contributed by atoms with Crippen LogP contribution in [0.5, 0.6) is 0 Å². The third-order valence-electron chi connectivity index (χ3n) is 1.68. The molecule has 4 heteroatoms. The summed E-state index contributed by atoms with van der Waals surface area (Å²) in [5, 5.41) is 0. The van der Waals surface area contributed by atoms with Gasteiger partial charge in [0, 0.05) is 12.3 Å². The second-order valence-corrected chi connectivity index (χ2v) is 2.75. The van der Waals surface area contributed by atoms with E-state index < -0.39 is 5.97 Å². The molecule has 0 atom stereocenters. The molecule has 13 heavy (non-hydrogen) atoms. The van der Waals surface area contributed by atoms with Crippen LogP contribution in [0.4, 0.5) is 0 Å². The van der Waals surface area contributed by atoms with E-state index in [4.69, 9.17) is 0 Å². The van der Waals surface area contributed by atoms with Crippen LogP contribution in [-0.2, 0) is 16.1 Å². The average molecular weight is 181 g/mol. The second kappa shape index (κ2) is 3.89. The lowest BCUT2D eigenvalue weighted by Crippen LogP contribution is -2.23. The molecule has 0 aromatic carbocycles. The summed E-state index contributed by atoms with van der Waals surface area (Å²) in [6.07, 6.45) is 1.58. The molecule has 1 heterocycles. The molecule has 0 spiro atoms. The monoisotopic (exact) mass is 181 g/mol. The number of methoxy groups -OCH3 is 1. The van der Waals surface area contributed by atoms with Crippen LogP contribution in [-0.4, -0.2) is 17.6 Å². The van der Waals surface area contributed by atoms with Gasteiger partial charge in [0.25, 0.3) is 5.56 Å². The van der Waals surface area contributed by atoms with Gasteiger partial charge in [0.05, 0.1) is 7.11 Å². The minimum absolute atomic E-state index is 0.0321. The van der Waals surface area contributed by atoms with E-state index in [0.29, 0.717) is 0 Å². The predicted octanol–water partition coefficient (Wildman–Crippen LogP) is 0.330. The molecule has 0 aliphatic rings. The number of hydrogen-bond acceptors (Lipinski definition) is 3. The third kappa shape index (κ3) is 2.43. The number of rotatable bonds is 2. The van der Waals surface area contributed by atoms with Crippen molar-refractivity contribution in [2.75, 3.05) is 7.11 Å². The number of aryl methyl sites for hydroxylation is 1. The van der Waals surface area contributed by atoms with Crippen molar-refractivity contribution < 1.29 is 9.53 Å². The van der Waals surface area contributed by atoms with Crippen LogP contribution < -0.4 is 5.56 Å². The quantitative estimate of drug-likeness (QED) is 0.618. The molecule has 1 aromatic heterocycles. The van der Waals surface area contributed by atoms with E-state index >= 15 is 0 Å². The summed E-state index contributed by atoms with van der Waals surface area (Å²) in [5.74, 6) is -0.425. The minimum Gasteiger partial charge on any atom is -0.468 e. The Labute approximate surface area is 75.8 Å². The molecule has 0 amide bonds. The number of carbonyl (C=O) groups excluding carboxylic acids is 1. The maximum absolute atomic E-state index is 11.2. The fraction of sp³-hybridized carbons (Fsp3) is 0.333. The Kier molecular flexibility index (Phi) is 2.84. The molecule has 0 fully saturated rings. The Bertz CT molecular complexity index is 367. The number of ether oxygens (including phenoxy) is 1. The van der Waals surface area contributed by atoms with Crippen molar-refractivity contribution in [3.05, 3.63) is 34.2 Å². The topological polar surface area (TPSA) is 48.3 Å². The van der Waals surface area contributed by atoms with Gasteiger partial charge in [-0.05, 0) is 18.6 Å². The number of pyridine rings is 1. The van der Waals surface area contributed by atoms with Crippen molar-refractivity contribution in [3.63, 3.8) is 0 Å². The maximum atomic E-state index is 11.2. The first-order valence-electron chi connectivity index (χ1n) is 3.87. The van der Waals surface area contributed by atoms with E-state index in [2.05, 4.69) is 4.74 Å². The fourth-order valence-corrected chi connectivity index (χ4v) is 0.941. The highest BCUT2D eigenvalue weighted by molar-refractivity contribution is 5.68. The van der Waals surface area contributed by atoms with Gasteiger partial charge in [-0.2, -0.15) is 0 Å². The molecule has 0 N–H and O–H groups in total. The van der Waals surface area contributed by atoms with Crippen molar-refractivity contribution in [2.24, 2.45) is 0 Å². The van der Waals surface area contributed by atoms with E-state index in [9.17, 15) is 9.59 Å². The molecular weight excluding hydrogens is 170 g/mol. The van der Waals surface area contributed by atoms with Gasteiger partial charge in [-0.15, -0.1) is 0 Å². The molecule has 70 valence electrons. The Morgan fingerprint density at radius 2 is 2.31 bits per heavy atom. The zero-order valence-corrected chi connectivity index (χ0v) is 7.61. The van der Waals surface area contributed by atoms with Crippen LogP contribution in [0.2, 0.25) is 0 Å². The first-order valence-corrected chi connectivity index (χ1v) is 3.87. The van der Waals surface area contributed by atoms with Gasteiger partial charge in [-0.3, -0.25) is 9.59 Å². The van der Waals surface area contributed by atoms with E-state index in [1.165, 1.54) is 17.7 Å². The molecule has 0 aliphatic carbocycles. The molecule has 0 saturated heterocycles. The van der Waals surface area contributed by atoms with Crippen molar-refractivity contribution in [1.82, 2.24) is 4.57 Å². The number of nitrogens with zero attached hydrogens (tertiary/aromatic N) is 1. The van der Waals surface area contributed by atoms with Gasteiger partial charge in [-0.1, -0.05) is 0 Å². The molecule has 0 radical (unpaired) electrons. The lowest BCUT2D eigenvalue weighted by Gasteiger charge is -2.03. The van der Waals surface area contributed by atoms with Crippen LogP contribution in [0, 0.1) is 6.92 Å². The number of esters is 1. The number of hydrogen-bond donors (Lipinski definition) is 0. The third-order valence-corrected chi connectivity index (χ3v) is 1.68. The molecule has 0 aliphatic heterocycles. The van der Waals surface area contributed by atoms with Crippen LogP contribution >= 0.6 is 0 Å². The van der Waals surface area contributed by atoms with Crippen molar-refractivity contribution >= 4 is 5.97 Å². The van der Waals surface area contributed by atoms with Crippen LogP contribution in [0.3, 0.4) is 0 Å². The smallest absolute Gasteiger partial charge is 0.325 e. The molecule has 1 rings (SSSR count). The largest absolute Gasteiger partial charge is 0.468 e. The normalized spacial score (nSPS) is 9.69. The van der Waals surface area contributed by atoms with Crippen LogP contribution in [0.15, 0.2) is 23.1 Å². The van der Waals surface area contributed by atoms with Gasteiger partial charge >= 0.3 is 5.97 Å². The summed E-state index contributed by atoms with van der Waals surface area (Å²) in [7, 11) is 1.29. The standard InChI is InChI=1S/C9H11NO3/c1-7-3-4-10(8(11)5-7)6-9(12)13-2/h3-5H,6H2,1-2H3. The molecular formula is C9H11NO3. The first-order chi connectivity index (χ1) is 6.13. The van der Waals surface area contributed by atoms with E-state index in [1.54, 1.807) is 12.3 Å². The average Bonchev–Trinajstić information content (AvgIpc) is 2.09. The van der Waals surface area contributed by atoms with Crippen LogP contribution in [0.25, 0.3) is 0 Å². The SMILES string of the molecule is COC(=O)Cn1ccc(C)cc1=O. The van der Waals surface area contributed by atoms with Gasteiger partial charge in [0.2, 0.25) is 0 Å². The molecule has 1 aromatic rings. The lowest BCUT2D eigenvalue weighted by molar-refractivity contribution is -0.141. The van der Waals surface area contributed by atoms with Crippen molar-refractivity contribution in [3.8, 4) is 0 Å². The van der Waals surface area contributed by atoms with Gasteiger partial charge in [0.15, 0.2) is 0 Å². The summed E-state index contributed by atoms with van der Waals surface area (Å²) in [4.78, 5) is 22.1. The first kappa shape index (κ1) is 9.51. The highest BCUT2D eigenvalue weighted by atomic mass is 16.5. The lowest BCUT2D eigenvalue weighted by atomic mass is 10.3. The highest BCUT2D eigenvalue weighted by Crippen LogP contribution is 1.91. The van der Waals surface area contributed by atoms with E-state index in [0.717, 1.165) is 5.56 Å². The zero-order valence-electron chi connectivity index (χ0n) is 7.61. The number of aromatic nitrogens is 1. The summed E-state index contributed by atoms with van der Waals surface area (Å²) in [6.45, 7) is 1.79. The Hall–Kier alpha value is -1.58. The second-order valence-electron chi connectivity index (χ2n) is 2.75. The fourth-order valence-electron chi connectivity index (χ4n) is 0.941. The van der Waals surface area contributed by atoms with Crippen LogP contribution in [0.1, 0.15) is 5.56 Å². The van der Waals surface area contributed by atoms with Crippen molar-refractivity contribution in [1.29, 1.82) is 0 Å². The predicted molar refractivity (Wildman–Crippen MR) is 47.5 cm³/mol. The molecule has 0 bridgehead atoms. The Morgan fingerprint density at radius 1 is 1.62 bits per heavy atom. The Morgan fingerprint density at radius 3 is 2.85 bits per heavy atom. The van der Waals surface area contributed by atoms with Gasteiger partial charge in [0.1, 0.15) is 6.54 Å². The summed E-state index contributed by atoms with van der Waals surface area (Å²) >= 11 is 0. The highest BCUT2D eigenvalue weighted by Gasteiger charge is 2.02. The summed E-state index contributed by atoms with van der Waals surface area (Å²) in [5.41, 5.74) is 0.691.